The summed E-state index contributed by atoms with van der Waals surface area (Å²) in [6.07, 6.45) is 0.594. The van der Waals surface area contributed by atoms with Crippen LogP contribution in [0, 0.1) is 18.6 Å². The summed E-state index contributed by atoms with van der Waals surface area (Å²) in [7, 11) is 0. The average molecular weight is 278 g/mol. The summed E-state index contributed by atoms with van der Waals surface area (Å²) in [4.78, 5) is 0. The molecule has 0 aliphatic rings. The molecule has 0 bridgehead atoms. The molecule has 0 spiro atoms. The molecule has 1 aromatic carbocycles. The zero-order chi connectivity index (χ0) is 14.7. The van der Waals surface area contributed by atoms with Crippen molar-refractivity contribution >= 4 is 0 Å². The van der Waals surface area contributed by atoms with Gasteiger partial charge in [-0.2, -0.15) is 10.2 Å². The van der Waals surface area contributed by atoms with Crippen molar-refractivity contribution in [3.63, 3.8) is 0 Å². The van der Waals surface area contributed by atoms with Crippen LogP contribution in [0.25, 0.3) is 0 Å². The summed E-state index contributed by atoms with van der Waals surface area (Å²) in [5.74, 6) is 4.22. The SMILES string of the molecule is CCc1nnc(C)cc1C(NN)c1c(F)cccc1F. The van der Waals surface area contributed by atoms with Crippen LogP contribution in [0.5, 0.6) is 0 Å². The van der Waals surface area contributed by atoms with Gasteiger partial charge in [-0.05, 0) is 31.5 Å². The van der Waals surface area contributed by atoms with E-state index in [4.69, 9.17) is 5.84 Å². The van der Waals surface area contributed by atoms with E-state index < -0.39 is 17.7 Å². The number of aromatic nitrogens is 2. The van der Waals surface area contributed by atoms with Crippen LogP contribution < -0.4 is 11.3 Å². The minimum Gasteiger partial charge on any atom is -0.271 e. The molecule has 0 radical (unpaired) electrons. The number of benzene rings is 1. The smallest absolute Gasteiger partial charge is 0.131 e. The zero-order valence-corrected chi connectivity index (χ0v) is 11.3. The van der Waals surface area contributed by atoms with Crippen LogP contribution >= 0.6 is 0 Å². The second-order valence-corrected chi connectivity index (χ2v) is 4.48. The van der Waals surface area contributed by atoms with Gasteiger partial charge in [-0.15, -0.1) is 0 Å². The van der Waals surface area contributed by atoms with Gasteiger partial charge in [0.05, 0.1) is 17.4 Å². The molecule has 2 aromatic rings. The fourth-order valence-corrected chi connectivity index (χ4v) is 2.17. The molecule has 0 aliphatic carbocycles. The van der Waals surface area contributed by atoms with Crippen LogP contribution in [0.15, 0.2) is 24.3 Å². The number of nitrogens with two attached hydrogens (primary N) is 1. The fraction of sp³-hybridized carbons (Fsp3) is 0.286. The van der Waals surface area contributed by atoms with E-state index >= 15 is 0 Å². The molecule has 1 aromatic heterocycles. The Balaban J connectivity index is 2.61. The molecule has 4 nitrogen and oxygen atoms in total. The number of nitrogens with one attached hydrogen (secondary N) is 1. The molecule has 0 amide bonds. The molecule has 1 atom stereocenters. The molecular weight excluding hydrogens is 262 g/mol. The Labute approximate surface area is 116 Å². The third-order valence-electron chi connectivity index (χ3n) is 3.13. The molecule has 3 N–H and O–H groups in total. The Kier molecular flexibility index (Phi) is 4.36. The Morgan fingerprint density at radius 2 is 1.90 bits per heavy atom. The van der Waals surface area contributed by atoms with E-state index in [-0.39, 0.29) is 5.56 Å². The first kappa shape index (κ1) is 14.5. The average Bonchev–Trinajstić information content (AvgIpc) is 2.43. The first-order chi connectivity index (χ1) is 9.58. The highest BCUT2D eigenvalue weighted by atomic mass is 19.1. The number of rotatable bonds is 4. The maximum atomic E-state index is 13.9. The van der Waals surface area contributed by atoms with E-state index in [0.29, 0.717) is 23.4 Å². The van der Waals surface area contributed by atoms with E-state index in [9.17, 15) is 8.78 Å². The second kappa shape index (κ2) is 6.02. The lowest BCUT2D eigenvalue weighted by atomic mass is 9.96. The van der Waals surface area contributed by atoms with Gasteiger partial charge in [0, 0.05) is 11.1 Å². The minimum absolute atomic E-state index is 0.114. The van der Waals surface area contributed by atoms with Crippen LogP contribution in [0.3, 0.4) is 0 Å². The monoisotopic (exact) mass is 278 g/mol. The molecule has 1 heterocycles. The van der Waals surface area contributed by atoms with Gasteiger partial charge in [-0.3, -0.25) is 5.84 Å². The van der Waals surface area contributed by atoms with Crippen molar-refractivity contribution in [2.45, 2.75) is 26.3 Å². The van der Waals surface area contributed by atoms with Gasteiger partial charge >= 0.3 is 0 Å². The maximum absolute atomic E-state index is 13.9. The molecule has 20 heavy (non-hydrogen) atoms. The molecule has 0 fully saturated rings. The zero-order valence-electron chi connectivity index (χ0n) is 11.3. The van der Waals surface area contributed by atoms with Gasteiger partial charge in [-0.25, -0.2) is 14.2 Å². The molecule has 6 heteroatoms. The van der Waals surface area contributed by atoms with Crippen molar-refractivity contribution in [1.82, 2.24) is 15.6 Å². The Hall–Kier alpha value is -1.92. The van der Waals surface area contributed by atoms with Crippen molar-refractivity contribution in [2.75, 3.05) is 0 Å². The van der Waals surface area contributed by atoms with Crippen molar-refractivity contribution in [3.05, 3.63) is 58.4 Å². The predicted octanol–water partition coefficient (Wildman–Crippen LogP) is 2.18. The fourth-order valence-electron chi connectivity index (χ4n) is 2.17. The normalized spacial score (nSPS) is 12.4. The Morgan fingerprint density at radius 3 is 2.45 bits per heavy atom. The largest absolute Gasteiger partial charge is 0.271 e. The molecule has 106 valence electrons. The van der Waals surface area contributed by atoms with Crippen LogP contribution in [0.1, 0.15) is 35.5 Å². The van der Waals surface area contributed by atoms with E-state index in [1.807, 2.05) is 6.92 Å². The predicted molar refractivity (Wildman–Crippen MR) is 71.7 cm³/mol. The van der Waals surface area contributed by atoms with E-state index in [0.717, 1.165) is 0 Å². The highest BCUT2D eigenvalue weighted by Crippen LogP contribution is 2.28. The van der Waals surface area contributed by atoms with E-state index in [2.05, 4.69) is 15.6 Å². The Morgan fingerprint density at radius 1 is 1.25 bits per heavy atom. The summed E-state index contributed by atoms with van der Waals surface area (Å²) in [5.41, 5.74) is 4.30. The van der Waals surface area contributed by atoms with Gasteiger partial charge in [-0.1, -0.05) is 13.0 Å². The maximum Gasteiger partial charge on any atom is 0.131 e. The molecule has 2 rings (SSSR count). The van der Waals surface area contributed by atoms with Gasteiger partial charge in [0.1, 0.15) is 11.6 Å². The van der Waals surface area contributed by atoms with Crippen LogP contribution in [-0.4, -0.2) is 10.2 Å². The minimum atomic E-state index is -0.805. The molecule has 0 saturated carbocycles. The highest BCUT2D eigenvalue weighted by molar-refractivity contribution is 5.36. The van der Waals surface area contributed by atoms with Crippen LogP contribution in [0.2, 0.25) is 0 Å². The third-order valence-corrected chi connectivity index (χ3v) is 3.13. The third kappa shape index (κ3) is 2.66. The number of hydrogen-bond acceptors (Lipinski definition) is 4. The molecule has 0 aliphatic heterocycles. The molecule has 0 saturated heterocycles. The summed E-state index contributed by atoms with van der Waals surface area (Å²) in [5, 5.41) is 8.02. The van der Waals surface area contributed by atoms with Crippen molar-refractivity contribution < 1.29 is 8.78 Å². The highest BCUT2D eigenvalue weighted by Gasteiger charge is 2.23. The molecular formula is C14H16F2N4. The number of hydrazine groups is 1. The lowest BCUT2D eigenvalue weighted by Gasteiger charge is -2.20. The quantitative estimate of drug-likeness (QED) is 0.664. The van der Waals surface area contributed by atoms with Crippen LogP contribution in [-0.2, 0) is 6.42 Å². The standard InChI is InChI=1S/C14H16F2N4/c1-3-12-9(7-8(2)19-20-12)14(18-17)13-10(15)5-4-6-11(13)16/h4-7,14,18H,3,17H2,1-2H3. The summed E-state index contributed by atoms with van der Waals surface area (Å²) in [6, 6.07) is 4.66. The lowest BCUT2D eigenvalue weighted by molar-refractivity contribution is 0.507. The summed E-state index contributed by atoms with van der Waals surface area (Å²) in [6.45, 7) is 3.66. The van der Waals surface area contributed by atoms with Crippen molar-refractivity contribution in [2.24, 2.45) is 5.84 Å². The van der Waals surface area contributed by atoms with Crippen LogP contribution in [0.4, 0.5) is 8.78 Å². The summed E-state index contributed by atoms with van der Waals surface area (Å²) < 4.78 is 27.9. The number of halogens is 2. The number of hydrogen-bond donors (Lipinski definition) is 2. The summed E-state index contributed by atoms with van der Waals surface area (Å²) >= 11 is 0. The number of aryl methyl sites for hydroxylation is 2. The first-order valence-corrected chi connectivity index (χ1v) is 6.31. The van der Waals surface area contributed by atoms with Gasteiger partial charge in [0.2, 0.25) is 0 Å². The lowest BCUT2D eigenvalue weighted by Crippen LogP contribution is -2.31. The Bertz CT molecular complexity index is 596. The van der Waals surface area contributed by atoms with Crippen molar-refractivity contribution in [1.29, 1.82) is 0 Å². The van der Waals surface area contributed by atoms with Crippen molar-refractivity contribution in [3.8, 4) is 0 Å². The number of nitrogens with zero attached hydrogens (tertiary/aromatic N) is 2. The second-order valence-electron chi connectivity index (χ2n) is 4.48. The van der Waals surface area contributed by atoms with Gasteiger partial charge < -0.3 is 0 Å². The molecule has 1 unspecified atom stereocenters. The topological polar surface area (TPSA) is 63.8 Å². The first-order valence-electron chi connectivity index (χ1n) is 6.31. The van der Waals surface area contributed by atoms with Gasteiger partial charge in [0.25, 0.3) is 0 Å². The van der Waals surface area contributed by atoms with E-state index in [1.165, 1.54) is 18.2 Å². The van der Waals surface area contributed by atoms with E-state index in [1.54, 1.807) is 13.0 Å². The van der Waals surface area contributed by atoms with Gasteiger partial charge in [0.15, 0.2) is 0 Å².